The van der Waals surface area contributed by atoms with Crippen molar-refractivity contribution < 1.29 is 9.53 Å². The Kier molecular flexibility index (Phi) is 6.90. The van der Waals surface area contributed by atoms with Crippen molar-refractivity contribution in [2.75, 3.05) is 18.1 Å². The summed E-state index contributed by atoms with van der Waals surface area (Å²) >= 11 is 1.74. The quantitative estimate of drug-likeness (QED) is 0.496. The Bertz CT molecular complexity index is 176. The molecule has 1 saturated carbocycles. The number of carbonyl (C=O) groups excluding carboxylic acids is 1. The summed E-state index contributed by atoms with van der Waals surface area (Å²) in [6.07, 6.45) is 7.55. The third kappa shape index (κ3) is 6.08. The number of thioether (sulfide) groups is 1. The molecular formula is C12H22O2S. The van der Waals surface area contributed by atoms with Crippen molar-refractivity contribution in [1.82, 2.24) is 0 Å². The first-order valence-electron chi connectivity index (χ1n) is 6.06. The zero-order chi connectivity index (χ0) is 10.9. The molecule has 0 saturated heterocycles. The van der Waals surface area contributed by atoms with Crippen LogP contribution in [0.4, 0.5) is 0 Å². The average Bonchev–Trinajstić information content (AvgIpc) is 2.71. The largest absolute Gasteiger partial charge is 0.465 e. The van der Waals surface area contributed by atoms with Crippen LogP contribution in [0.1, 0.15) is 45.4 Å². The SMILES string of the molecule is CCCCOC(=O)CSCC1CCCC1. The van der Waals surface area contributed by atoms with Gasteiger partial charge in [0.1, 0.15) is 0 Å². The van der Waals surface area contributed by atoms with Gasteiger partial charge in [0.05, 0.1) is 12.4 Å². The topological polar surface area (TPSA) is 26.3 Å². The minimum Gasteiger partial charge on any atom is -0.465 e. The summed E-state index contributed by atoms with van der Waals surface area (Å²) in [5.74, 6) is 2.51. The van der Waals surface area contributed by atoms with Gasteiger partial charge in [-0.05, 0) is 30.9 Å². The molecule has 0 N–H and O–H groups in total. The number of hydrogen-bond donors (Lipinski definition) is 0. The Morgan fingerprint density at radius 3 is 2.80 bits per heavy atom. The van der Waals surface area contributed by atoms with E-state index in [0.29, 0.717) is 12.4 Å². The highest BCUT2D eigenvalue weighted by Crippen LogP contribution is 2.27. The van der Waals surface area contributed by atoms with Gasteiger partial charge in [0, 0.05) is 0 Å². The molecule has 3 heteroatoms. The summed E-state index contributed by atoms with van der Waals surface area (Å²) in [7, 11) is 0. The maximum Gasteiger partial charge on any atom is 0.315 e. The van der Waals surface area contributed by atoms with E-state index in [9.17, 15) is 4.79 Å². The zero-order valence-corrected chi connectivity index (χ0v) is 10.5. The Hall–Kier alpha value is -0.180. The molecule has 0 aromatic carbocycles. The molecule has 0 amide bonds. The molecule has 0 heterocycles. The van der Waals surface area contributed by atoms with Crippen LogP contribution in [0.2, 0.25) is 0 Å². The molecule has 0 atom stereocenters. The van der Waals surface area contributed by atoms with Gasteiger partial charge in [0.25, 0.3) is 0 Å². The molecule has 0 bridgehead atoms. The second-order valence-electron chi connectivity index (χ2n) is 4.24. The molecule has 0 radical (unpaired) electrons. The summed E-state index contributed by atoms with van der Waals surface area (Å²) in [4.78, 5) is 11.2. The Labute approximate surface area is 97.1 Å². The van der Waals surface area contributed by atoms with Gasteiger partial charge in [0.15, 0.2) is 0 Å². The summed E-state index contributed by atoms with van der Waals surface area (Å²) < 4.78 is 5.09. The van der Waals surface area contributed by atoms with Crippen LogP contribution in [-0.4, -0.2) is 24.1 Å². The van der Waals surface area contributed by atoms with Crippen LogP contribution in [0.5, 0.6) is 0 Å². The van der Waals surface area contributed by atoms with Gasteiger partial charge in [-0.1, -0.05) is 26.2 Å². The maximum atomic E-state index is 11.2. The molecule has 1 aliphatic carbocycles. The highest BCUT2D eigenvalue weighted by molar-refractivity contribution is 7.99. The molecule has 88 valence electrons. The molecule has 15 heavy (non-hydrogen) atoms. The molecule has 2 nitrogen and oxygen atoms in total. The van der Waals surface area contributed by atoms with Crippen LogP contribution in [-0.2, 0) is 9.53 Å². The average molecular weight is 230 g/mol. The van der Waals surface area contributed by atoms with E-state index in [1.165, 1.54) is 25.7 Å². The number of esters is 1. The number of ether oxygens (including phenoxy) is 1. The van der Waals surface area contributed by atoms with Gasteiger partial charge in [-0.15, -0.1) is 11.8 Å². The van der Waals surface area contributed by atoms with Crippen molar-refractivity contribution in [2.45, 2.75) is 45.4 Å². The molecular weight excluding hydrogens is 208 g/mol. The van der Waals surface area contributed by atoms with E-state index >= 15 is 0 Å². The Balaban J connectivity index is 1.91. The smallest absolute Gasteiger partial charge is 0.315 e. The van der Waals surface area contributed by atoms with Crippen LogP contribution in [0.25, 0.3) is 0 Å². The lowest BCUT2D eigenvalue weighted by atomic mass is 10.1. The highest BCUT2D eigenvalue weighted by atomic mass is 32.2. The maximum absolute atomic E-state index is 11.2. The normalized spacial score (nSPS) is 16.9. The summed E-state index contributed by atoms with van der Waals surface area (Å²) in [6, 6.07) is 0. The lowest BCUT2D eigenvalue weighted by Crippen LogP contribution is -2.10. The molecule has 0 aliphatic heterocycles. The van der Waals surface area contributed by atoms with Crippen molar-refractivity contribution in [1.29, 1.82) is 0 Å². The number of rotatable bonds is 7. The van der Waals surface area contributed by atoms with Crippen molar-refractivity contribution >= 4 is 17.7 Å². The predicted octanol–water partition coefficient (Wildman–Crippen LogP) is 3.25. The van der Waals surface area contributed by atoms with Crippen LogP contribution in [0.15, 0.2) is 0 Å². The van der Waals surface area contributed by atoms with E-state index < -0.39 is 0 Å². The lowest BCUT2D eigenvalue weighted by molar-refractivity contribution is -0.140. The second kappa shape index (κ2) is 8.03. The molecule has 0 spiro atoms. The zero-order valence-electron chi connectivity index (χ0n) is 9.67. The second-order valence-corrected chi connectivity index (χ2v) is 5.27. The monoisotopic (exact) mass is 230 g/mol. The number of carbonyl (C=O) groups is 1. The van der Waals surface area contributed by atoms with Gasteiger partial charge < -0.3 is 4.74 Å². The van der Waals surface area contributed by atoms with E-state index in [-0.39, 0.29) is 5.97 Å². The Morgan fingerprint density at radius 2 is 2.13 bits per heavy atom. The molecule has 0 aromatic heterocycles. The Morgan fingerprint density at radius 1 is 1.40 bits per heavy atom. The predicted molar refractivity (Wildman–Crippen MR) is 65.2 cm³/mol. The van der Waals surface area contributed by atoms with Crippen LogP contribution >= 0.6 is 11.8 Å². The van der Waals surface area contributed by atoms with E-state index in [1.54, 1.807) is 11.8 Å². The molecule has 0 unspecified atom stereocenters. The van der Waals surface area contributed by atoms with Crippen LogP contribution < -0.4 is 0 Å². The van der Waals surface area contributed by atoms with E-state index in [2.05, 4.69) is 6.92 Å². The van der Waals surface area contributed by atoms with Crippen molar-refractivity contribution in [3.8, 4) is 0 Å². The number of hydrogen-bond acceptors (Lipinski definition) is 3. The van der Waals surface area contributed by atoms with Gasteiger partial charge >= 0.3 is 5.97 Å². The molecule has 1 rings (SSSR count). The standard InChI is InChI=1S/C12H22O2S/c1-2-3-8-14-12(13)10-15-9-11-6-4-5-7-11/h11H,2-10H2,1H3. The van der Waals surface area contributed by atoms with Crippen LogP contribution in [0, 0.1) is 5.92 Å². The van der Waals surface area contributed by atoms with Crippen molar-refractivity contribution in [2.24, 2.45) is 5.92 Å². The molecule has 0 aromatic rings. The van der Waals surface area contributed by atoms with Gasteiger partial charge in [-0.25, -0.2) is 0 Å². The van der Waals surface area contributed by atoms with Gasteiger partial charge in [-0.2, -0.15) is 0 Å². The summed E-state index contributed by atoms with van der Waals surface area (Å²) in [5, 5.41) is 0. The molecule has 1 fully saturated rings. The van der Waals surface area contributed by atoms with Crippen molar-refractivity contribution in [3.05, 3.63) is 0 Å². The van der Waals surface area contributed by atoms with Gasteiger partial charge in [0.2, 0.25) is 0 Å². The fourth-order valence-corrected chi connectivity index (χ4v) is 2.89. The van der Waals surface area contributed by atoms with E-state index in [0.717, 1.165) is 24.5 Å². The van der Waals surface area contributed by atoms with Crippen LogP contribution in [0.3, 0.4) is 0 Å². The fourth-order valence-electron chi connectivity index (χ4n) is 1.86. The number of unbranched alkanes of at least 4 members (excludes halogenated alkanes) is 1. The fraction of sp³-hybridized carbons (Fsp3) is 0.917. The highest BCUT2D eigenvalue weighted by Gasteiger charge is 2.15. The first-order chi connectivity index (χ1) is 7.33. The third-order valence-electron chi connectivity index (χ3n) is 2.81. The lowest BCUT2D eigenvalue weighted by Gasteiger charge is -2.07. The van der Waals surface area contributed by atoms with E-state index in [1.807, 2.05) is 0 Å². The van der Waals surface area contributed by atoms with Crippen molar-refractivity contribution in [3.63, 3.8) is 0 Å². The van der Waals surface area contributed by atoms with E-state index in [4.69, 9.17) is 4.74 Å². The summed E-state index contributed by atoms with van der Waals surface area (Å²) in [6.45, 7) is 2.70. The van der Waals surface area contributed by atoms with Gasteiger partial charge in [-0.3, -0.25) is 4.79 Å². The third-order valence-corrected chi connectivity index (χ3v) is 3.96. The summed E-state index contributed by atoms with van der Waals surface area (Å²) in [5.41, 5.74) is 0. The minimum absolute atomic E-state index is 0.0357. The first-order valence-corrected chi connectivity index (χ1v) is 7.21. The molecule has 1 aliphatic rings. The first kappa shape index (κ1) is 12.9. The minimum atomic E-state index is -0.0357.